The first-order valence-electron chi connectivity index (χ1n) is 7.72. The topological polar surface area (TPSA) is 67.4 Å². The van der Waals surface area contributed by atoms with Crippen LogP contribution in [-0.2, 0) is 16.0 Å². The Hall–Kier alpha value is -2.89. The highest BCUT2D eigenvalue weighted by Crippen LogP contribution is 2.30. The first-order valence-corrected chi connectivity index (χ1v) is 7.72. The van der Waals surface area contributed by atoms with E-state index in [0.29, 0.717) is 42.1 Å². The van der Waals surface area contributed by atoms with Crippen LogP contribution in [0.3, 0.4) is 0 Å². The number of hydrogen-bond acceptors (Lipinski definition) is 3. The average molecular weight is 328 g/mol. The van der Waals surface area contributed by atoms with E-state index >= 15 is 0 Å². The summed E-state index contributed by atoms with van der Waals surface area (Å²) in [6, 6.07) is 11.5. The third-order valence-corrected chi connectivity index (χ3v) is 3.70. The lowest BCUT2D eigenvalue weighted by Gasteiger charge is -2.10. The fraction of sp³-hybridized carbons (Fsp3) is 0.222. The lowest BCUT2D eigenvalue weighted by molar-refractivity contribution is -0.117. The number of nitrogens with one attached hydrogen (secondary N) is 2. The summed E-state index contributed by atoms with van der Waals surface area (Å²) in [5.74, 6) is -0.0868. The highest BCUT2D eigenvalue weighted by Gasteiger charge is 2.15. The van der Waals surface area contributed by atoms with Crippen molar-refractivity contribution in [3.63, 3.8) is 0 Å². The Morgan fingerprint density at radius 2 is 2.08 bits per heavy atom. The number of benzene rings is 2. The van der Waals surface area contributed by atoms with Gasteiger partial charge >= 0.3 is 0 Å². The molecular weight excluding hydrogens is 311 g/mol. The fourth-order valence-electron chi connectivity index (χ4n) is 2.47. The van der Waals surface area contributed by atoms with Gasteiger partial charge in [0.2, 0.25) is 11.8 Å². The number of halogens is 1. The second kappa shape index (κ2) is 7.12. The van der Waals surface area contributed by atoms with Crippen LogP contribution in [0.5, 0.6) is 5.75 Å². The van der Waals surface area contributed by atoms with Crippen molar-refractivity contribution in [2.75, 3.05) is 17.2 Å². The average Bonchev–Trinajstić information content (AvgIpc) is 2.74. The number of hydrogen-bond donors (Lipinski definition) is 2. The molecule has 24 heavy (non-hydrogen) atoms. The van der Waals surface area contributed by atoms with Crippen LogP contribution in [-0.4, -0.2) is 18.4 Å². The smallest absolute Gasteiger partial charge is 0.227 e. The molecule has 0 atom stereocenters. The zero-order chi connectivity index (χ0) is 16.9. The molecule has 0 radical (unpaired) electrons. The van der Waals surface area contributed by atoms with Gasteiger partial charge in [0, 0.05) is 12.1 Å². The molecule has 2 aromatic carbocycles. The zero-order valence-corrected chi connectivity index (χ0v) is 13.0. The minimum absolute atomic E-state index is 0.128. The molecule has 5 nitrogen and oxygen atoms in total. The lowest BCUT2D eigenvalue weighted by atomic mass is 10.1. The van der Waals surface area contributed by atoms with E-state index in [2.05, 4.69) is 10.6 Å². The minimum Gasteiger partial charge on any atom is -0.491 e. The van der Waals surface area contributed by atoms with Crippen LogP contribution < -0.4 is 15.4 Å². The third kappa shape index (κ3) is 3.90. The predicted octanol–water partition coefficient (Wildman–Crippen LogP) is 3.12. The van der Waals surface area contributed by atoms with Crippen LogP contribution in [0.1, 0.15) is 18.4 Å². The van der Waals surface area contributed by atoms with Crippen LogP contribution >= 0.6 is 0 Å². The largest absolute Gasteiger partial charge is 0.491 e. The van der Waals surface area contributed by atoms with Crippen LogP contribution in [0.25, 0.3) is 0 Å². The Morgan fingerprint density at radius 1 is 1.25 bits per heavy atom. The number of rotatable bonds is 4. The number of carbonyl (C=O) groups excluding carboxylic acids is 2. The predicted molar refractivity (Wildman–Crippen MR) is 88.5 cm³/mol. The summed E-state index contributed by atoms with van der Waals surface area (Å²) in [6.45, 7) is 0.327. The number of aryl methyl sites for hydroxylation is 1. The summed E-state index contributed by atoms with van der Waals surface area (Å²) in [5, 5.41) is 5.49. The molecule has 3 rings (SSSR count). The van der Waals surface area contributed by atoms with Crippen LogP contribution in [0, 0.1) is 5.82 Å². The number of ether oxygens (including phenoxy) is 1. The lowest BCUT2D eigenvalue weighted by Crippen LogP contribution is -2.13. The van der Waals surface area contributed by atoms with E-state index in [0.717, 1.165) is 0 Å². The normalized spacial score (nSPS) is 13.3. The summed E-state index contributed by atoms with van der Waals surface area (Å²) in [6.07, 6.45) is 0.781. The molecule has 0 saturated heterocycles. The van der Waals surface area contributed by atoms with Crippen molar-refractivity contribution in [2.45, 2.75) is 19.3 Å². The van der Waals surface area contributed by atoms with E-state index in [1.54, 1.807) is 36.4 Å². The molecule has 1 aliphatic heterocycles. The van der Waals surface area contributed by atoms with Crippen molar-refractivity contribution in [3.05, 3.63) is 53.8 Å². The maximum atomic E-state index is 13.5. The second-order valence-corrected chi connectivity index (χ2v) is 5.50. The molecule has 0 fully saturated rings. The number of carbonyl (C=O) groups is 2. The molecule has 1 aliphatic rings. The molecule has 0 aromatic heterocycles. The molecular formula is C18H17FN2O3. The zero-order valence-electron chi connectivity index (χ0n) is 13.0. The fourth-order valence-corrected chi connectivity index (χ4v) is 2.47. The van der Waals surface area contributed by atoms with Crippen molar-refractivity contribution >= 4 is 23.2 Å². The maximum Gasteiger partial charge on any atom is 0.227 e. The van der Waals surface area contributed by atoms with Crippen molar-refractivity contribution in [3.8, 4) is 5.75 Å². The SMILES string of the molecule is O=C(CCc1ccccc1F)Nc1ccc2c(c1)NC(=O)CCO2. The molecule has 0 bridgehead atoms. The van der Waals surface area contributed by atoms with Gasteiger partial charge in [0.15, 0.2) is 0 Å². The van der Waals surface area contributed by atoms with Gasteiger partial charge in [-0.25, -0.2) is 4.39 Å². The van der Waals surface area contributed by atoms with E-state index in [-0.39, 0.29) is 24.1 Å². The Kier molecular flexibility index (Phi) is 4.74. The monoisotopic (exact) mass is 328 g/mol. The summed E-state index contributed by atoms with van der Waals surface area (Å²) < 4.78 is 19.0. The Labute approximate surface area is 138 Å². The second-order valence-electron chi connectivity index (χ2n) is 5.50. The molecule has 2 amide bonds. The van der Waals surface area contributed by atoms with Crippen LogP contribution in [0.4, 0.5) is 15.8 Å². The Morgan fingerprint density at radius 3 is 2.92 bits per heavy atom. The quantitative estimate of drug-likeness (QED) is 0.906. The van der Waals surface area contributed by atoms with Crippen molar-refractivity contribution in [1.29, 1.82) is 0 Å². The van der Waals surface area contributed by atoms with Gasteiger partial charge < -0.3 is 15.4 Å². The Bertz CT molecular complexity index is 777. The van der Waals surface area contributed by atoms with E-state index in [4.69, 9.17) is 4.74 Å². The summed E-state index contributed by atoms with van der Waals surface area (Å²) >= 11 is 0. The van der Waals surface area contributed by atoms with Gasteiger partial charge in [-0.2, -0.15) is 0 Å². The molecule has 2 aromatic rings. The Balaban J connectivity index is 1.62. The van der Waals surface area contributed by atoms with Gasteiger partial charge in [-0.3, -0.25) is 9.59 Å². The van der Waals surface area contributed by atoms with E-state index < -0.39 is 0 Å². The van der Waals surface area contributed by atoms with E-state index in [9.17, 15) is 14.0 Å². The molecule has 0 spiro atoms. The summed E-state index contributed by atoms with van der Waals surface area (Å²) in [7, 11) is 0. The highest BCUT2D eigenvalue weighted by atomic mass is 19.1. The van der Waals surface area contributed by atoms with Gasteiger partial charge in [-0.05, 0) is 36.2 Å². The van der Waals surface area contributed by atoms with Gasteiger partial charge in [0.05, 0.1) is 18.7 Å². The van der Waals surface area contributed by atoms with E-state index in [1.165, 1.54) is 6.07 Å². The molecule has 2 N–H and O–H groups in total. The number of fused-ring (bicyclic) bond motifs is 1. The minimum atomic E-state index is -0.310. The molecule has 0 unspecified atom stereocenters. The molecule has 1 heterocycles. The van der Waals surface area contributed by atoms with Gasteiger partial charge in [-0.15, -0.1) is 0 Å². The van der Waals surface area contributed by atoms with Gasteiger partial charge in [0.25, 0.3) is 0 Å². The summed E-state index contributed by atoms with van der Waals surface area (Å²) in [5.41, 5.74) is 1.60. The number of anilines is 2. The van der Waals surface area contributed by atoms with Crippen molar-refractivity contribution < 1.29 is 18.7 Å². The van der Waals surface area contributed by atoms with E-state index in [1.807, 2.05) is 0 Å². The van der Waals surface area contributed by atoms with Gasteiger partial charge in [-0.1, -0.05) is 18.2 Å². The third-order valence-electron chi connectivity index (χ3n) is 3.70. The highest BCUT2D eigenvalue weighted by molar-refractivity contribution is 5.96. The van der Waals surface area contributed by atoms with Crippen LogP contribution in [0.15, 0.2) is 42.5 Å². The van der Waals surface area contributed by atoms with Crippen molar-refractivity contribution in [1.82, 2.24) is 0 Å². The van der Waals surface area contributed by atoms with Crippen LogP contribution in [0.2, 0.25) is 0 Å². The molecule has 6 heteroatoms. The number of amides is 2. The molecule has 124 valence electrons. The summed E-state index contributed by atoms with van der Waals surface area (Å²) in [4.78, 5) is 23.6. The van der Waals surface area contributed by atoms with Crippen molar-refractivity contribution in [2.24, 2.45) is 0 Å². The first kappa shape index (κ1) is 16.0. The first-order chi connectivity index (χ1) is 11.6. The standard InChI is InChI=1S/C18H17FN2O3/c19-14-4-2-1-3-12(14)5-8-17(22)20-13-6-7-16-15(11-13)21-18(23)9-10-24-16/h1-4,6-7,11H,5,8-10H2,(H,20,22)(H,21,23). The maximum absolute atomic E-state index is 13.5. The van der Waals surface area contributed by atoms with Gasteiger partial charge in [0.1, 0.15) is 11.6 Å². The molecule has 0 saturated carbocycles. The molecule has 0 aliphatic carbocycles.